The van der Waals surface area contributed by atoms with Gasteiger partial charge < -0.3 is 21.1 Å². The minimum atomic E-state index is -4.52. The Morgan fingerprint density at radius 2 is 1.95 bits per heavy atom. The molecule has 0 saturated heterocycles. The van der Waals surface area contributed by atoms with Gasteiger partial charge in [0, 0.05) is 29.8 Å². The van der Waals surface area contributed by atoms with Crippen molar-refractivity contribution in [2.24, 2.45) is 11.7 Å². The highest BCUT2D eigenvalue weighted by atomic mass is 19.4. The molecule has 7 nitrogen and oxygen atoms in total. The fraction of sp³-hybridized carbons (Fsp3) is 0.321. The second-order valence-corrected chi connectivity index (χ2v) is 9.60. The summed E-state index contributed by atoms with van der Waals surface area (Å²) in [6, 6.07) is 11.1. The van der Waals surface area contributed by atoms with E-state index in [1.165, 1.54) is 0 Å². The highest BCUT2D eigenvalue weighted by Crippen LogP contribution is 2.36. The number of carbonyl (C=O) groups is 2. The number of hydrogen-bond donors (Lipinski definition) is 3. The van der Waals surface area contributed by atoms with E-state index in [9.17, 15) is 22.8 Å². The van der Waals surface area contributed by atoms with Crippen LogP contribution in [0.1, 0.15) is 40.7 Å². The second-order valence-electron chi connectivity index (χ2n) is 9.60. The van der Waals surface area contributed by atoms with E-state index < -0.39 is 17.7 Å². The smallest absolute Gasteiger partial charge is 0.416 e. The number of ether oxygens (including phenoxy) is 1. The fourth-order valence-electron chi connectivity index (χ4n) is 4.98. The van der Waals surface area contributed by atoms with Crippen LogP contribution in [0.3, 0.4) is 0 Å². The number of fused-ring (bicyclic) bond motifs is 2. The van der Waals surface area contributed by atoms with E-state index in [4.69, 9.17) is 10.5 Å². The Balaban J connectivity index is 1.31. The summed E-state index contributed by atoms with van der Waals surface area (Å²) in [5.41, 5.74) is 8.15. The van der Waals surface area contributed by atoms with Crippen molar-refractivity contribution in [2.75, 3.05) is 17.2 Å². The molecule has 5 rings (SSSR count). The van der Waals surface area contributed by atoms with Crippen molar-refractivity contribution in [3.8, 4) is 11.5 Å². The van der Waals surface area contributed by atoms with E-state index >= 15 is 0 Å². The predicted molar refractivity (Wildman–Crippen MR) is 136 cm³/mol. The van der Waals surface area contributed by atoms with Crippen LogP contribution >= 0.6 is 0 Å². The molecule has 38 heavy (non-hydrogen) atoms. The molecule has 4 N–H and O–H groups in total. The molecule has 3 aromatic rings. The van der Waals surface area contributed by atoms with Crippen LogP contribution < -0.4 is 21.1 Å². The molecule has 2 heterocycles. The van der Waals surface area contributed by atoms with Gasteiger partial charge in [-0.05, 0) is 91.7 Å². The minimum absolute atomic E-state index is 0.0824. The van der Waals surface area contributed by atoms with Crippen molar-refractivity contribution < 1.29 is 27.5 Å². The fourth-order valence-corrected chi connectivity index (χ4v) is 4.98. The number of carbonyl (C=O) groups excluding carboxylic acids is 2. The quantitative estimate of drug-likeness (QED) is 0.420. The molecule has 0 saturated carbocycles. The SMILES string of the molecule is NCCc1cc(NC(=O)C2CCc3ccc(Oc4ccnc5c4CCC(=O)N5)cc3C2)cc(C(F)(F)F)c1. The Labute approximate surface area is 217 Å². The van der Waals surface area contributed by atoms with Crippen molar-refractivity contribution in [2.45, 2.75) is 44.7 Å². The first-order valence-electron chi connectivity index (χ1n) is 12.5. The number of aryl methyl sites for hydroxylation is 1. The normalized spacial score (nSPS) is 16.7. The van der Waals surface area contributed by atoms with Crippen LogP contribution in [0, 0.1) is 5.92 Å². The zero-order valence-corrected chi connectivity index (χ0v) is 20.5. The summed E-state index contributed by atoms with van der Waals surface area (Å²) in [5, 5.41) is 5.45. The number of halogens is 3. The molecule has 1 aliphatic carbocycles. The molecule has 2 aliphatic rings. The van der Waals surface area contributed by atoms with Crippen LogP contribution in [0.15, 0.2) is 48.7 Å². The Hall–Kier alpha value is -3.92. The van der Waals surface area contributed by atoms with E-state index in [0.29, 0.717) is 55.0 Å². The Morgan fingerprint density at radius 3 is 2.74 bits per heavy atom. The summed E-state index contributed by atoms with van der Waals surface area (Å²) in [7, 11) is 0. The number of amides is 2. The van der Waals surface area contributed by atoms with Crippen molar-refractivity contribution in [3.63, 3.8) is 0 Å². The highest BCUT2D eigenvalue weighted by molar-refractivity contribution is 5.94. The Kier molecular flexibility index (Phi) is 7.07. The largest absolute Gasteiger partial charge is 0.457 e. The van der Waals surface area contributed by atoms with Gasteiger partial charge in [-0.25, -0.2) is 4.98 Å². The number of rotatable bonds is 6. The monoisotopic (exact) mass is 524 g/mol. The molecule has 2 amide bonds. The van der Waals surface area contributed by atoms with Gasteiger partial charge in [0.15, 0.2) is 0 Å². The molecule has 2 aromatic carbocycles. The zero-order chi connectivity index (χ0) is 26.9. The summed E-state index contributed by atoms with van der Waals surface area (Å²) in [5.74, 6) is 0.907. The van der Waals surface area contributed by atoms with Gasteiger partial charge in [-0.3, -0.25) is 9.59 Å². The maximum atomic E-state index is 13.4. The lowest BCUT2D eigenvalue weighted by Gasteiger charge is -2.25. The van der Waals surface area contributed by atoms with Gasteiger partial charge in [0.1, 0.15) is 17.3 Å². The van der Waals surface area contributed by atoms with E-state index in [1.807, 2.05) is 18.2 Å². The van der Waals surface area contributed by atoms with E-state index in [-0.39, 0.29) is 30.5 Å². The molecule has 1 unspecified atom stereocenters. The standard InChI is InChI=1S/C28H27F3N4O3/c29-28(30,31)20-11-16(7-9-32)12-21(15-20)34-27(37)18-2-1-17-3-4-22(14-19(17)13-18)38-24-8-10-33-26-23(24)5-6-25(36)35-26/h3-4,8,10-12,14-15,18H,1-2,5-7,9,13,32H2,(H,34,37)(H,33,35,36). The Morgan fingerprint density at radius 1 is 1.11 bits per heavy atom. The van der Waals surface area contributed by atoms with Crippen LogP contribution in [0.2, 0.25) is 0 Å². The van der Waals surface area contributed by atoms with Crippen molar-refractivity contribution >= 4 is 23.3 Å². The summed E-state index contributed by atoms with van der Waals surface area (Å²) < 4.78 is 46.3. The molecular weight excluding hydrogens is 497 g/mol. The van der Waals surface area contributed by atoms with Crippen LogP contribution in [-0.2, 0) is 41.4 Å². The topological polar surface area (TPSA) is 106 Å². The number of hydrogen-bond acceptors (Lipinski definition) is 5. The summed E-state index contributed by atoms with van der Waals surface area (Å²) in [6.45, 7) is 0.204. The van der Waals surface area contributed by atoms with Crippen molar-refractivity contribution in [3.05, 3.63) is 76.5 Å². The Bertz CT molecular complexity index is 1390. The van der Waals surface area contributed by atoms with Gasteiger partial charge in [-0.1, -0.05) is 6.07 Å². The van der Waals surface area contributed by atoms with Crippen LogP contribution in [0.4, 0.5) is 24.7 Å². The predicted octanol–water partition coefficient (Wildman–Crippen LogP) is 5.02. The molecule has 1 aromatic heterocycles. The van der Waals surface area contributed by atoms with Gasteiger partial charge in [0.05, 0.1) is 5.56 Å². The van der Waals surface area contributed by atoms with Gasteiger partial charge in [-0.15, -0.1) is 0 Å². The maximum absolute atomic E-state index is 13.4. The summed E-state index contributed by atoms with van der Waals surface area (Å²) in [6.07, 6.45) is -0.0849. The molecule has 0 radical (unpaired) electrons. The number of nitrogens with two attached hydrogens (primary N) is 1. The molecule has 1 aliphatic heterocycles. The zero-order valence-electron chi connectivity index (χ0n) is 20.5. The highest BCUT2D eigenvalue weighted by Gasteiger charge is 2.32. The van der Waals surface area contributed by atoms with Crippen molar-refractivity contribution in [1.29, 1.82) is 0 Å². The molecule has 10 heteroatoms. The molecular formula is C28H27F3N4O3. The lowest BCUT2D eigenvalue weighted by atomic mass is 9.83. The molecule has 0 fully saturated rings. The van der Waals surface area contributed by atoms with Gasteiger partial charge >= 0.3 is 6.18 Å². The first-order chi connectivity index (χ1) is 18.2. The van der Waals surface area contributed by atoms with E-state index in [2.05, 4.69) is 15.6 Å². The van der Waals surface area contributed by atoms with E-state index in [0.717, 1.165) is 28.8 Å². The maximum Gasteiger partial charge on any atom is 0.416 e. The number of nitrogens with one attached hydrogen (secondary N) is 2. The second kappa shape index (κ2) is 10.4. The lowest BCUT2D eigenvalue weighted by Crippen LogP contribution is -2.28. The molecule has 0 spiro atoms. The van der Waals surface area contributed by atoms with E-state index in [1.54, 1.807) is 18.3 Å². The average Bonchev–Trinajstić information content (AvgIpc) is 2.88. The van der Waals surface area contributed by atoms with Gasteiger partial charge in [0.25, 0.3) is 0 Å². The first-order valence-corrected chi connectivity index (χ1v) is 12.5. The minimum Gasteiger partial charge on any atom is -0.457 e. The average molecular weight is 525 g/mol. The molecule has 0 bridgehead atoms. The third-order valence-corrected chi connectivity index (χ3v) is 6.90. The molecule has 1 atom stereocenters. The van der Waals surface area contributed by atoms with Crippen molar-refractivity contribution in [1.82, 2.24) is 4.98 Å². The third-order valence-electron chi connectivity index (χ3n) is 6.90. The first kappa shape index (κ1) is 25.7. The number of alkyl halides is 3. The van der Waals surface area contributed by atoms with Crippen LogP contribution in [0.5, 0.6) is 11.5 Å². The number of nitrogens with zero attached hydrogens (tertiary/aromatic N) is 1. The van der Waals surface area contributed by atoms with Crippen LogP contribution in [-0.4, -0.2) is 23.3 Å². The summed E-state index contributed by atoms with van der Waals surface area (Å²) in [4.78, 5) is 29.0. The number of anilines is 2. The van der Waals surface area contributed by atoms with Crippen LogP contribution in [0.25, 0.3) is 0 Å². The van der Waals surface area contributed by atoms with Gasteiger partial charge in [0.2, 0.25) is 11.8 Å². The third kappa shape index (κ3) is 5.65. The lowest BCUT2D eigenvalue weighted by molar-refractivity contribution is -0.137. The van der Waals surface area contributed by atoms with Gasteiger partial charge in [-0.2, -0.15) is 13.2 Å². The number of benzene rings is 2. The number of pyridine rings is 1. The number of aromatic nitrogens is 1. The molecule has 198 valence electrons. The summed E-state index contributed by atoms with van der Waals surface area (Å²) >= 11 is 0.